The smallest absolute Gasteiger partial charge is 0.337 e. The molecule has 0 saturated carbocycles. The average molecular weight is 443 g/mol. The number of aryl methyl sites for hydroxylation is 2. The standard InChI is InChI=1S/C26H22N2O3S/c1-16-8-13-20(14-17(16)2)27-24(29)21(25-28-22-6-4-5-7-23(22)32-25)15-18-9-11-19(12-10-18)26(30)31-3/h4-15H,1-3H3,(H,27,29). The van der Waals surface area contributed by atoms with Crippen molar-refractivity contribution in [2.75, 3.05) is 12.4 Å². The molecule has 6 heteroatoms. The second kappa shape index (κ2) is 9.16. The number of amides is 1. The summed E-state index contributed by atoms with van der Waals surface area (Å²) in [5.74, 6) is -0.649. The van der Waals surface area contributed by atoms with Gasteiger partial charge in [0.1, 0.15) is 5.01 Å². The van der Waals surface area contributed by atoms with Gasteiger partial charge in [-0.3, -0.25) is 4.79 Å². The van der Waals surface area contributed by atoms with Crippen LogP contribution in [0.1, 0.15) is 32.1 Å². The Hall–Kier alpha value is -3.77. The van der Waals surface area contributed by atoms with E-state index in [2.05, 4.69) is 10.3 Å². The second-order valence-electron chi connectivity index (χ2n) is 7.41. The van der Waals surface area contributed by atoms with Crippen molar-refractivity contribution in [2.24, 2.45) is 0 Å². The normalized spacial score (nSPS) is 11.4. The van der Waals surface area contributed by atoms with E-state index in [1.807, 2.05) is 56.3 Å². The third-order valence-corrected chi connectivity index (χ3v) is 6.25. The van der Waals surface area contributed by atoms with Gasteiger partial charge in [0.05, 0.1) is 28.5 Å². The van der Waals surface area contributed by atoms with Gasteiger partial charge in [-0.15, -0.1) is 11.3 Å². The molecule has 4 rings (SSSR count). The Kier molecular flexibility index (Phi) is 6.14. The number of carbonyl (C=O) groups excluding carboxylic acids is 2. The van der Waals surface area contributed by atoms with Crippen LogP contribution >= 0.6 is 11.3 Å². The maximum atomic E-state index is 13.3. The highest BCUT2D eigenvalue weighted by molar-refractivity contribution is 7.19. The summed E-state index contributed by atoms with van der Waals surface area (Å²) in [6, 6.07) is 20.5. The van der Waals surface area contributed by atoms with Crippen LogP contribution in [-0.2, 0) is 9.53 Å². The number of anilines is 1. The molecule has 4 aromatic rings. The van der Waals surface area contributed by atoms with E-state index in [4.69, 9.17) is 4.74 Å². The number of thiazole rings is 1. The van der Waals surface area contributed by atoms with Gasteiger partial charge in [-0.05, 0) is 73.0 Å². The van der Waals surface area contributed by atoms with Crippen LogP contribution in [0.5, 0.6) is 0 Å². The molecule has 1 N–H and O–H groups in total. The number of hydrogen-bond acceptors (Lipinski definition) is 5. The number of nitrogens with one attached hydrogen (secondary N) is 1. The quantitative estimate of drug-likeness (QED) is 0.310. The van der Waals surface area contributed by atoms with E-state index in [-0.39, 0.29) is 5.91 Å². The highest BCUT2D eigenvalue weighted by Gasteiger charge is 2.18. The summed E-state index contributed by atoms with van der Waals surface area (Å²) in [5.41, 5.74) is 5.52. The van der Waals surface area contributed by atoms with Crippen molar-refractivity contribution in [3.05, 3.63) is 94.0 Å². The molecule has 5 nitrogen and oxygen atoms in total. The van der Waals surface area contributed by atoms with Crippen molar-refractivity contribution in [1.82, 2.24) is 4.98 Å². The van der Waals surface area contributed by atoms with E-state index in [0.717, 1.165) is 32.6 Å². The molecule has 160 valence electrons. The highest BCUT2D eigenvalue weighted by atomic mass is 32.1. The van der Waals surface area contributed by atoms with E-state index >= 15 is 0 Å². The lowest BCUT2D eigenvalue weighted by Crippen LogP contribution is -2.13. The summed E-state index contributed by atoms with van der Waals surface area (Å²) < 4.78 is 5.76. The third kappa shape index (κ3) is 4.60. The zero-order chi connectivity index (χ0) is 22.7. The molecule has 0 aliphatic carbocycles. The number of ether oxygens (including phenoxy) is 1. The van der Waals surface area contributed by atoms with Crippen LogP contribution in [-0.4, -0.2) is 24.0 Å². The number of fused-ring (bicyclic) bond motifs is 1. The van der Waals surface area contributed by atoms with E-state index < -0.39 is 5.97 Å². The Morgan fingerprint density at radius 2 is 1.72 bits per heavy atom. The largest absolute Gasteiger partial charge is 0.465 e. The molecule has 0 atom stereocenters. The minimum atomic E-state index is -0.403. The van der Waals surface area contributed by atoms with E-state index in [1.54, 1.807) is 30.3 Å². The molecule has 1 aromatic heterocycles. The first kappa shape index (κ1) is 21.5. The number of hydrogen-bond donors (Lipinski definition) is 1. The van der Waals surface area contributed by atoms with Crippen LogP contribution in [0.15, 0.2) is 66.7 Å². The fourth-order valence-electron chi connectivity index (χ4n) is 3.23. The van der Waals surface area contributed by atoms with E-state index in [0.29, 0.717) is 16.1 Å². The molecule has 0 radical (unpaired) electrons. The molecule has 0 saturated heterocycles. The predicted molar refractivity (Wildman–Crippen MR) is 130 cm³/mol. The molecule has 0 spiro atoms. The van der Waals surface area contributed by atoms with Gasteiger partial charge in [0.15, 0.2) is 0 Å². The number of aromatic nitrogens is 1. The molecule has 0 fully saturated rings. The summed E-state index contributed by atoms with van der Waals surface area (Å²) in [7, 11) is 1.35. The summed E-state index contributed by atoms with van der Waals surface area (Å²) >= 11 is 1.47. The molecule has 1 amide bonds. The second-order valence-corrected chi connectivity index (χ2v) is 8.44. The van der Waals surface area contributed by atoms with E-state index in [1.165, 1.54) is 18.4 Å². The molecule has 32 heavy (non-hydrogen) atoms. The first-order valence-corrected chi connectivity index (χ1v) is 10.9. The zero-order valence-corrected chi connectivity index (χ0v) is 18.8. The molecule has 0 bridgehead atoms. The van der Waals surface area contributed by atoms with Crippen molar-refractivity contribution in [1.29, 1.82) is 0 Å². The Morgan fingerprint density at radius 3 is 2.41 bits per heavy atom. The molecular weight excluding hydrogens is 420 g/mol. The van der Waals surface area contributed by atoms with Gasteiger partial charge < -0.3 is 10.1 Å². The minimum absolute atomic E-state index is 0.246. The van der Waals surface area contributed by atoms with Crippen LogP contribution in [0.4, 0.5) is 5.69 Å². The summed E-state index contributed by atoms with van der Waals surface area (Å²) in [6.45, 7) is 4.05. The lowest BCUT2D eigenvalue weighted by Gasteiger charge is -2.09. The molecule has 3 aromatic carbocycles. The van der Waals surface area contributed by atoms with Crippen molar-refractivity contribution >= 4 is 50.8 Å². The maximum Gasteiger partial charge on any atom is 0.337 e. The van der Waals surface area contributed by atoms with E-state index in [9.17, 15) is 9.59 Å². The molecule has 1 heterocycles. The van der Waals surface area contributed by atoms with Crippen LogP contribution in [0.3, 0.4) is 0 Å². The van der Waals surface area contributed by atoms with Gasteiger partial charge in [0.25, 0.3) is 5.91 Å². The van der Waals surface area contributed by atoms with Crippen molar-refractivity contribution < 1.29 is 14.3 Å². The fraction of sp³-hybridized carbons (Fsp3) is 0.115. The maximum absolute atomic E-state index is 13.3. The summed E-state index contributed by atoms with van der Waals surface area (Å²) in [5, 5.41) is 3.63. The Bertz CT molecular complexity index is 1300. The number of carbonyl (C=O) groups is 2. The molecule has 0 aliphatic rings. The SMILES string of the molecule is COC(=O)c1ccc(C=C(C(=O)Nc2ccc(C)c(C)c2)c2nc3ccccc3s2)cc1. The summed E-state index contributed by atoms with van der Waals surface area (Å²) in [4.78, 5) is 29.7. The van der Waals surface area contributed by atoms with Crippen molar-refractivity contribution in [2.45, 2.75) is 13.8 Å². The number of methoxy groups -OCH3 is 1. The third-order valence-electron chi connectivity index (χ3n) is 5.18. The Morgan fingerprint density at radius 1 is 0.969 bits per heavy atom. The van der Waals surface area contributed by atoms with Gasteiger partial charge >= 0.3 is 5.97 Å². The van der Waals surface area contributed by atoms with Crippen molar-refractivity contribution in [3.63, 3.8) is 0 Å². The van der Waals surface area contributed by atoms with Gasteiger partial charge in [-0.1, -0.05) is 30.3 Å². The van der Waals surface area contributed by atoms with Crippen LogP contribution in [0, 0.1) is 13.8 Å². The number of esters is 1. The fourth-order valence-corrected chi connectivity index (χ4v) is 4.21. The zero-order valence-electron chi connectivity index (χ0n) is 18.0. The lowest BCUT2D eigenvalue weighted by molar-refractivity contribution is -0.111. The minimum Gasteiger partial charge on any atom is -0.465 e. The van der Waals surface area contributed by atoms with Gasteiger partial charge in [-0.25, -0.2) is 9.78 Å². The molecule has 0 unspecified atom stereocenters. The van der Waals surface area contributed by atoms with Gasteiger partial charge in [0.2, 0.25) is 0 Å². The van der Waals surface area contributed by atoms with Crippen LogP contribution in [0.25, 0.3) is 21.9 Å². The highest BCUT2D eigenvalue weighted by Crippen LogP contribution is 2.29. The number of rotatable bonds is 5. The van der Waals surface area contributed by atoms with Crippen molar-refractivity contribution in [3.8, 4) is 0 Å². The number of nitrogens with zero attached hydrogens (tertiary/aromatic N) is 1. The first-order chi connectivity index (χ1) is 15.4. The summed E-state index contributed by atoms with van der Waals surface area (Å²) in [6.07, 6.45) is 1.79. The van der Waals surface area contributed by atoms with Crippen LogP contribution in [0.2, 0.25) is 0 Å². The predicted octanol–water partition coefficient (Wildman–Crippen LogP) is 5.88. The Labute approximate surface area is 190 Å². The monoisotopic (exact) mass is 442 g/mol. The number of benzene rings is 3. The topological polar surface area (TPSA) is 68.3 Å². The van der Waals surface area contributed by atoms with Gasteiger partial charge in [-0.2, -0.15) is 0 Å². The average Bonchev–Trinajstić information content (AvgIpc) is 3.23. The Balaban J connectivity index is 1.73. The van der Waals surface area contributed by atoms with Gasteiger partial charge in [0, 0.05) is 5.69 Å². The molecule has 0 aliphatic heterocycles. The molecular formula is C26H22N2O3S. The number of para-hydroxylation sites is 1. The first-order valence-electron chi connectivity index (χ1n) is 10.1. The van der Waals surface area contributed by atoms with Crippen LogP contribution < -0.4 is 5.32 Å². The lowest BCUT2D eigenvalue weighted by atomic mass is 10.1.